The van der Waals surface area contributed by atoms with Gasteiger partial charge in [0.05, 0.1) is 17.1 Å². The maximum atomic E-state index is 12.2. The minimum atomic E-state index is -0.297. The van der Waals surface area contributed by atoms with Crippen LogP contribution in [0.15, 0.2) is 30.3 Å². The van der Waals surface area contributed by atoms with Gasteiger partial charge in [-0.05, 0) is 19.1 Å². The molecule has 2 amide bonds. The monoisotopic (exact) mass is 269 g/mol. The van der Waals surface area contributed by atoms with Crippen LogP contribution in [0.3, 0.4) is 0 Å². The Hall–Kier alpha value is -2.43. The third-order valence-electron chi connectivity index (χ3n) is 3.45. The van der Waals surface area contributed by atoms with Crippen LogP contribution in [0, 0.1) is 12.8 Å². The summed E-state index contributed by atoms with van der Waals surface area (Å²) in [7, 11) is 0. The Bertz CT molecular complexity index is 697. The molecule has 0 spiro atoms. The predicted molar refractivity (Wildman–Crippen MR) is 76.2 cm³/mol. The zero-order valence-corrected chi connectivity index (χ0v) is 11.1. The lowest BCUT2D eigenvalue weighted by atomic mass is 10.1. The summed E-state index contributed by atoms with van der Waals surface area (Å²) in [6, 6.07) is 9.52. The number of carbonyl (C=O) groups excluding carboxylic acids is 2. The minimum Gasteiger partial charge on any atom is -0.355 e. The molecular weight excluding hydrogens is 254 g/mol. The molecule has 5 heteroatoms. The van der Waals surface area contributed by atoms with Gasteiger partial charge in [-0.1, -0.05) is 18.2 Å². The van der Waals surface area contributed by atoms with E-state index < -0.39 is 0 Å². The Morgan fingerprint density at radius 3 is 2.95 bits per heavy atom. The summed E-state index contributed by atoms with van der Waals surface area (Å²) in [4.78, 5) is 27.8. The number of nitrogens with one attached hydrogen (secondary N) is 2. The van der Waals surface area contributed by atoms with Crippen LogP contribution in [0.5, 0.6) is 0 Å². The van der Waals surface area contributed by atoms with Crippen molar-refractivity contribution in [2.75, 3.05) is 11.9 Å². The van der Waals surface area contributed by atoms with Gasteiger partial charge < -0.3 is 10.6 Å². The lowest BCUT2D eigenvalue weighted by Crippen LogP contribution is -2.24. The van der Waals surface area contributed by atoms with Gasteiger partial charge in [0, 0.05) is 24.0 Å². The molecule has 1 aliphatic heterocycles. The Labute approximate surface area is 116 Å². The van der Waals surface area contributed by atoms with Crippen molar-refractivity contribution in [3.8, 4) is 0 Å². The quantitative estimate of drug-likeness (QED) is 0.870. The van der Waals surface area contributed by atoms with E-state index in [0.29, 0.717) is 6.54 Å². The fourth-order valence-corrected chi connectivity index (χ4v) is 2.44. The van der Waals surface area contributed by atoms with Crippen LogP contribution < -0.4 is 10.6 Å². The van der Waals surface area contributed by atoms with E-state index in [-0.39, 0.29) is 24.2 Å². The SMILES string of the molecule is Cc1cc(NC(=O)C2CNC(=O)C2)c2ccccc2n1. The normalized spacial score (nSPS) is 18.1. The first-order chi connectivity index (χ1) is 9.63. The summed E-state index contributed by atoms with van der Waals surface area (Å²) >= 11 is 0. The number of hydrogen-bond donors (Lipinski definition) is 2. The fourth-order valence-electron chi connectivity index (χ4n) is 2.44. The molecular formula is C15H15N3O2. The second-order valence-corrected chi connectivity index (χ2v) is 5.02. The number of aromatic nitrogens is 1. The van der Waals surface area contributed by atoms with Gasteiger partial charge in [-0.2, -0.15) is 0 Å². The zero-order valence-electron chi connectivity index (χ0n) is 11.1. The molecule has 1 aromatic heterocycles. The maximum absolute atomic E-state index is 12.2. The Balaban J connectivity index is 1.90. The highest BCUT2D eigenvalue weighted by atomic mass is 16.2. The van der Waals surface area contributed by atoms with E-state index in [0.717, 1.165) is 22.3 Å². The van der Waals surface area contributed by atoms with Crippen molar-refractivity contribution in [1.29, 1.82) is 0 Å². The van der Waals surface area contributed by atoms with E-state index in [2.05, 4.69) is 15.6 Å². The fraction of sp³-hybridized carbons (Fsp3) is 0.267. The molecule has 102 valence electrons. The summed E-state index contributed by atoms with van der Waals surface area (Å²) < 4.78 is 0. The molecule has 1 unspecified atom stereocenters. The van der Waals surface area contributed by atoms with Crippen molar-refractivity contribution < 1.29 is 9.59 Å². The number of rotatable bonds is 2. The molecule has 0 aliphatic carbocycles. The Kier molecular flexibility index (Phi) is 3.10. The highest BCUT2D eigenvalue weighted by Gasteiger charge is 2.28. The number of amides is 2. The number of para-hydroxylation sites is 1. The first kappa shape index (κ1) is 12.6. The lowest BCUT2D eigenvalue weighted by molar-refractivity contribution is -0.123. The van der Waals surface area contributed by atoms with Crippen molar-refractivity contribution in [3.05, 3.63) is 36.0 Å². The number of anilines is 1. The Morgan fingerprint density at radius 1 is 1.40 bits per heavy atom. The van der Waals surface area contributed by atoms with E-state index in [1.165, 1.54) is 0 Å². The average molecular weight is 269 g/mol. The van der Waals surface area contributed by atoms with Crippen LogP contribution >= 0.6 is 0 Å². The molecule has 1 atom stereocenters. The van der Waals surface area contributed by atoms with E-state index in [9.17, 15) is 9.59 Å². The van der Waals surface area contributed by atoms with Gasteiger partial charge in [0.15, 0.2) is 0 Å². The predicted octanol–water partition coefficient (Wildman–Crippen LogP) is 1.62. The number of benzene rings is 1. The van der Waals surface area contributed by atoms with Gasteiger partial charge >= 0.3 is 0 Å². The second-order valence-electron chi connectivity index (χ2n) is 5.02. The molecule has 2 aromatic rings. The molecule has 1 aliphatic rings. The molecule has 0 bridgehead atoms. The summed E-state index contributed by atoms with van der Waals surface area (Å²) in [5.74, 6) is -0.491. The number of nitrogens with zero attached hydrogens (tertiary/aromatic N) is 1. The van der Waals surface area contributed by atoms with Crippen LogP contribution in [0.4, 0.5) is 5.69 Å². The lowest BCUT2D eigenvalue weighted by Gasteiger charge is -2.12. The summed E-state index contributed by atoms with van der Waals surface area (Å²) in [5, 5.41) is 6.50. The van der Waals surface area contributed by atoms with Crippen LogP contribution in [-0.4, -0.2) is 23.3 Å². The van der Waals surface area contributed by atoms with E-state index >= 15 is 0 Å². The third-order valence-corrected chi connectivity index (χ3v) is 3.45. The molecule has 1 aromatic carbocycles. The van der Waals surface area contributed by atoms with Crippen molar-refractivity contribution in [3.63, 3.8) is 0 Å². The molecule has 1 fully saturated rings. The molecule has 2 heterocycles. The van der Waals surface area contributed by atoms with Crippen LogP contribution in [0.25, 0.3) is 10.9 Å². The van der Waals surface area contributed by atoms with Gasteiger partial charge in [0.1, 0.15) is 0 Å². The van der Waals surface area contributed by atoms with Gasteiger partial charge in [0.2, 0.25) is 11.8 Å². The second kappa shape index (κ2) is 4.92. The molecule has 5 nitrogen and oxygen atoms in total. The van der Waals surface area contributed by atoms with Gasteiger partial charge in [0.25, 0.3) is 0 Å². The molecule has 0 saturated carbocycles. The minimum absolute atomic E-state index is 0.0686. The van der Waals surface area contributed by atoms with Crippen molar-refractivity contribution in [1.82, 2.24) is 10.3 Å². The van der Waals surface area contributed by atoms with Gasteiger partial charge in [-0.25, -0.2) is 0 Å². The zero-order chi connectivity index (χ0) is 14.1. The molecule has 1 saturated heterocycles. The first-order valence-corrected chi connectivity index (χ1v) is 6.57. The van der Waals surface area contributed by atoms with Crippen LogP contribution in [-0.2, 0) is 9.59 Å². The third kappa shape index (κ3) is 2.34. The number of fused-ring (bicyclic) bond motifs is 1. The molecule has 0 radical (unpaired) electrons. The van der Waals surface area contributed by atoms with Gasteiger partial charge in [-0.3, -0.25) is 14.6 Å². The molecule has 3 rings (SSSR count). The molecule has 2 N–H and O–H groups in total. The van der Waals surface area contributed by atoms with Crippen LogP contribution in [0.2, 0.25) is 0 Å². The smallest absolute Gasteiger partial charge is 0.229 e. The highest BCUT2D eigenvalue weighted by molar-refractivity contribution is 6.03. The van der Waals surface area contributed by atoms with E-state index in [1.807, 2.05) is 37.3 Å². The summed E-state index contributed by atoms with van der Waals surface area (Å²) in [6.07, 6.45) is 0.258. The topological polar surface area (TPSA) is 71.1 Å². The van der Waals surface area contributed by atoms with Crippen molar-refractivity contribution in [2.45, 2.75) is 13.3 Å². The first-order valence-electron chi connectivity index (χ1n) is 6.57. The van der Waals surface area contributed by atoms with Crippen LogP contribution in [0.1, 0.15) is 12.1 Å². The maximum Gasteiger partial charge on any atom is 0.229 e. The standard InChI is InChI=1S/C15H15N3O2/c1-9-6-13(11-4-2-3-5-12(11)17-9)18-15(20)10-7-14(19)16-8-10/h2-6,10H,7-8H2,1H3,(H,16,19)(H,17,18,20). The van der Waals surface area contributed by atoms with Crippen molar-refractivity contribution in [2.24, 2.45) is 5.92 Å². The van der Waals surface area contributed by atoms with Gasteiger partial charge in [-0.15, -0.1) is 0 Å². The number of carbonyl (C=O) groups is 2. The molecule has 20 heavy (non-hydrogen) atoms. The average Bonchev–Trinajstić information content (AvgIpc) is 2.85. The number of aryl methyl sites for hydroxylation is 1. The van der Waals surface area contributed by atoms with E-state index in [4.69, 9.17) is 0 Å². The summed E-state index contributed by atoms with van der Waals surface area (Å²) in [5.41, 5.74) is 2.44. The largest absolute Gasteiger partial charge is 0.355 e. The highest BCUT2D eigenvalue weighted by Crippen LogP contribution is 2.24. The number of hydrogen-bond acceptors (Lipinski definition) is 3. The van der Waals surface area contributed by atoms with E-state index in [1.54, 1.807) is 0 Å². The summed E-state index contributed by atoms with van der Waals surface area (Å²) in [6.45, 7) is 2.30. The Morgan fingerprint density at radius 2 is 2.20 bits per heavy atom. The number of pyridine rings is 1. The van der Waals surface area contributed by atoms with Crippen molar-refractivity contribution >= 4 is 28.4 Å².